The predicted octanol–water partition coefficient (Wildman–Crippen LogP) is 6.40. The Labute approximate surface area is 199 Å². The van der Waals surface area contributed by atoms with E-state index in [1.807, 2.05) is 62.6 Å². The highest BCUT2D eigenvalue weighted by Crippen LogP contribution is 2.41. The van der Waals surface area contributed by atoms with Gasteiger partial charge < -0.3 is 14.8 Å². The molecule has 2 unspecified atom stereocenters. The van der Waals surface area contributed by atoms with Crippen molar-refractivity contribution in [3.8, 4) is 0 Å². The number of benzene rings is 2. The van der Waals surface area contributed by atoms with Gasteiger partial charge in [-0.2, -0.15) is 0 Å². The van der Waals surface area contributed by atoms with Crippen molar-refractivity contribution in [1.29, 1.82) is 0 Å². The Morgan fingerprint density at radius 2 is 1.81 bits per heavy atom. The molecule has 2 atom stereocenters. The molecule has 1 aliphatic rings. The maximum atomic E-state index is 13.0. The molecule has 3 rings (SSSR count). The van der Waals surface area contributed by atoms with Crippen LogP contribution >= 0.6 is 39.3 Å². The number of amides is 1. The number of alkyl carbamates (subject to hydrolysis) is 1. The largest absolute Gasteiger partial charge is 0.459 e. The van der Waals surface area contributed by atoms with Crippen molar-refractivity contribution in [2.45, 2.75) is 38.4 Å². The fourth-order valence-electron chi connectivity index (χ4n) is 3.00. The number of carbonyl (C=O) groups is 2. The maximum absolute atomic E-state index is 13.0. The molecular formula is C23H23BrClNO4S. The Morgan fingerprint density at radius 1 is 1.13 bits per heavy atom. The van der Waals surface area contributed by atoms with Crippen LogP contribution in [0.25, 0.3) is 5.57 Å². The lowest BCUT2D eigenvalue weighted by Crippen LogP contribution is -2.42. The van der Waals surface area contributed by atoms with E-state index in [0.717, 1.165) is 15.6 Å². The molecule has 0 fully saturated rings. The van der Waals surface area contributed by atoms with E-state index in [-0.39, 0.29) is 6.61 Å². The van der Waals surface area contributed by atoms with Crippen LogP contribution in [0.2, 0.25) is 5.02 Å². The average Bonchev–Trinajstić information content (AvgIpc) is 3.10. The predicted molar refractivity (Wildman–Crippen MR) is 128 cm³/mol. The zero-order valence-corrected chi connectivity index (χ0v) is 20.5. The highest BCUT2D eigenvalue weighted by atomic mass is 79.9. The summed E-state index contributed by atoms with van der Waals surface area (Å²) in [5.74, 6) is -1.07. The van der Waals surface area contributed by atoms with E-state index in [4.69, 9.17) is 21.1 Å². The van der Waals surface area contributed by atoms with Gasteiger partial charge in [0.1, 0.15) is 18.1 Å². The Bertz CT molecular complexity index is 988. The first kappa shape index (κ1) is 23.7. The highest BCUT2D eigenvalue weighted by molar-refractivity contribution is 9.10. The maximum Gasteiger partial charge on any atom is 0.408 e. The summed E-state index contributed by atoms with van der Waals surface area (Å²) in [7, 11) is 0. The number of carbonyl (C=O) groups excluding carboxylic acids is 2. The van der Waals surface area contributed by atoms with Crippen LogP contribution in [0.15, 0.2) is 58.4 Å². The number of thioether (sulfide) groups is 1. The molecule has 0 aliphatic carbocycles. The van der Waals surface area contributed by atoms with Gasteiger partial charge in [-0.15, -0.1) is 11.8 Å². The van der Waals surface area contributed by atoms with Gasteiger partial charge in [-0.1, -0.05) is 57.9 Å². The first-order chi connectivity index (χ1) is 14.6. The highest BCUT2D eigenvalue weighted by Gasteiger charge is 2.40. The van der Waals surface area contributed by atoms with Crippen LogP contribution in [0.4, 0.5) is 4.79 Å². The smallest absolute Gasteiger partial charge is 0.408 e. The number of esters is 1. The third kappa shape index (κ3) is 6.51. The Hall–Kier alpha value is -1.96. The Morgan fingerprint density at radius 3 is 2.45 bits per heavy atom. The van der Waals surface area contributed by atoms with Gasteiger partial charge in [-0.3, -0.25) is 4.79 Å². The van der Waals surface area contributed by atoms with Crippen LogP contribution in [-0.2, 0) is 20.9 Å². The van der Waals surface area contributed by atoms with Crippen LogP contribution in [0.5, 0.6) is 0 Å². The first-order valence-corrected chi connectivity index (χ1v) is 11.8. The summed E-state index contributed by atoms with van der Waals surface area (Å²) >= 11 is 10.9. The number of halogens is 2. The SMILES string of the molecule is CC(C)(C)OC(=O)C1C(c2ccc(Br)cc2)=CSC1NC(=O)OCc1ccccc1Cl. The topological polar surface area (TPSA) is 64.6 Å². The monoisotopic (exact) mass is 523 g/mol. The quantitative estimate of drug-likeness (QED) is 0.459. The average molecular weight is 525 g/mol. The molecule has 1 N–H and O–H groups in total. The van der Waals surface area contributed by atoms with Gasteiger partial charge in [0.15, 0.2) is 0 Å². The summed E-state index contributed by atoms with van der Waals surface area (Å²) in [5, 5.41) is 4.65. The fraction of sp³-hybridized carbons (Fsp3) is 0.304. The number of nitrogens with one attached hydrogen (secondary N) is 1. The minimum absolute atomic E-state index is 0.0347. The van der Waals surface area contributed by atoms with Crippen molar-refractivity contribution in [2.75, 3.05) is 0 Å². The summed E-state index contributed by atoms with van der Waals surface area (Å²) in [6, 6.07) is 14.8. The van der Waals surface area contributed by atoms with E-state index >= 15 is 0 Å². The van der Waals surface area contributed by atoms with Gasteiger partial charge in [0.05, 0.1) is 5.37 Å². The van der Waals surface area contributed by atoms with Gasteiger partial charge in [0.2, 0.25) is 0 Å². The molecule has 164 valence electrons. The van der Waals surface area contributed by atoms with Gasteiger partial charge in [-0.05, 0) is 55.5 Å². The summed E-state index contributed by atoms with van der Waals surface area (Å²) in [5.41, 5.74) is 1.74. The van der Waals surface area contributed by atoms with E-state index in [1.54, 1.807) is 12.1 Å². The lowest BCUT2D eigenvalue weighted by molar-refractivity contribution is -0.157. The van der Waals surface area contributed by atoms with E-state index in [2.05, 4.69) is 21.2 Å². The molecule has 0 radical (unpaired) electrons. The van der Waals surface area contributed by atoms with Gasteiger partial charge >= 0.3 is 12.1 Å². The Kier molecular flexibility index (Phi) is 7.73. The number of hydrogen-bond acceptors (Lipinski definition) is 5. The molecule has 1 heterocycles. The third-order valence-electron chi connectivity index (χ3n) is 4.39. The summed E-state index contributed by atoms with van der Waals surface area (Å²) in [6.45, 7) is 5.48. The third-order valence-corrected chi connectivity index (χ3v) is 6.37. The molecule has 0 saturated carbocycles. The van der Waals surface area contributed by atoms with Crippen molar-refractivity contribution in [3.63, 3.8) is 0 Å². The molecule has 2 aromatic rings. The second-order valence-corrected chi connectivity index (χ2v) is 10.3. The first-order valence-electron chi connectivity index (χ1n) is 9.65. The van der Waals surface area contributed by atoms with Gasteiger partial charge in [0, 0.05) is 15.1 Å². The molecule has 0 saturated heterocycles. The summed E-state index contributed by atoms with van der Waals surface area (Å²) in [4.78, 5) is 25.5. The molecule has 1 aliphatic heterocycles. The second-order valence-electron chi connectivity index (χ2n) is 7.96. The normalized spacial score (nSPS) is 18.3. The molecule has 1 amide bonds. The van der Waals surface area contributed by atoms with Crippen molar-refractivity contribution in [1.82, 2.24) is 5.32 Å². The van der Waals surface area contributed by atoms with Crippen molar-refractivity contribution < 1.29 is 19.1 Å². The minimum Gasteiger partial charge on any atom is -0.459 e. The zero-order chi connectivity index (χ0) is 22.6. The molecule has 0 spiro atoms. The zero-order valence-electron chi connectivity index (χ0n) is 17.4. The number of ether oxygens (including phenoxy) is 2. The lowest BCUT2D eigenvalue weighted by Gasteiger charge is -2.26. The van der Waals surface area contributed by atoms with E-state index in [0.29, 0.717) is 10.6 Å². The van der Waals surface area contributed by atoms with Crippen molar-refractivity contribution in [3.05, 3.63) is 74.6 Å². The minimum atomic E-state index is -0.668. The van der Waals surface area contributed by atoms with Crippen LogP contribution in [0.3, 0.4) is 0 Å². The number of rotatable bonds is 5. The molecule has 31 heavy (non-hydrogen) atoms. The lowest BCUT2D eigenvalue weighted by atomic mass is 9.93. The molecule has 0 aromatic heterocycles. The molecule has 5 nitrogen and oxygen atoms in total. The van der Waals surface area contributed by atoms with Gasteiger partial charge in [-0.25, -0.2) is 4.79 Å². The standard InChI is InChI=1S/C23H23BrClNO4S/c1-23(2,3)30-21(27)19-17(14-8-10-16(24)11-9-14)13-31-20(19)26-22(28)29-12-15-6-4-5-7-18(15)25/h4-11,13,19-20H,12H2,1-3H3,(H,26,28). The van der Waals surface area contributed by atoms with Gasteiger partial charge in [0.25, 0.3) is 0 Å². The molecule has 0 bridgehead atoms. The van der Waals surface area contributed by atoms with E-state index in [9.17, 15) is 9.59 Å². The second kappa shape index (κ2) is 10.1. The molecular weight excluding hydrogens is 502 g/mol. The summed E-state index contributed by atoms with van der Waals surface area (Å²) in [6.07, 6.45) is -0.628. The van der Waals surface area contributed by atoms with Crippen molar-refractivity contribution >= 4 is 56.9 Å². The molecule has 2 aromatic carbocycles. The van der Waals surface area contributed by atoms with Crippen molar-refractivity contribution in [2.24, 2.45) is 5.92 Å². The van der Waals surface area contributed by atoms with Crippen LogP contribution < -0.4 is 5.32 Å². The van der Waals surface area contributed by atoms with Crippen LogP contribution in [0.1, 0.15) is 31.9 Å². The van der Waals surface area contributed by atoms with E-state index in [1.165, 1.54) is 11.8 Å². The van der Waals surface area contributed by atoms with Crippen LogP contribution in [-0.4, -0.2) is 23.0 Å². The van der Waals surface area contributed by atoms with E-state index < -0.39 is 29.0 Å². The van der Waals surface area contributed by atoms with Crippen LogP contribution in [0, 0.1) is 5.92 Å². The Balaban J connectivity index is 1.73. The molecule has 8 heteroatoms. The summed E-state index contributed by atoms with van der Waals surface area (Å²) < 4.78 is 11.9. The fourth-order valence-corrected chi connectivity index (χ4v) is 4.61. The number of hydrogen-bond donors (Lipinski definition) is 1.